The Morgan fingerprint density at radius 1 is 1.46 bits per heavy atom. The van der Waals surface area contributed by atoms with E-state index < -0.39 is 0 Å². The largest absolute Gasteiger partial charge is 0.352 e. The molecule has 0 radical (unpaired) electrons. The second-order valence-corrected chi connectivity index (χ2v) is 6.10. The van der Waals surface area contributed by atoms with Crippen LogP contribution in [-0.4, -0.2) is 55.3 Å². The summed E-state index contributed by atoms with van der Waals surface area (Å²) in [5, 5.41) is 14.2. The Bertz CT molecular complexity index is 745. The zero-order chi connectivity index (χ0) is 16.5. The monoisotopic (exact) mass is 328 g/mol. The lowest BCUT2D eigenvalue weighted by Gasteiger charge is -2.26. The minimum Gasteiger partial charge on any atom is -0.352 e. The first-order chi connectivity index (χ1) is 11.8. The third-order valence-corrected chi connectivity index (χ3v) is 4.65. The van der Waals surface area contributed by atoms with E-state index in [0.29, 0.717) is 31.6 Å². The van der Waals surface area contributed by atoms with E-state index in [-0.39, 0.29) is 6.03 Å². The van der Waals surface area contributed by atoms with Gasteiger partial charge in [0.25, 0.3) is 5.95 Å². The summed E-state index contributed by atoms with van der Waals surface area (Å²) in [6, 6.07) is 4.10. The Kier molecular flexibility index (Phi) is 3.75. The highest BCUT2D eigenvalue weighted by atomic mass is 16.2. The zero-order valence-electron chi connectivity index (χ0n) is 13.6. The Morgan fingerprint density at radius 3 is 3.25 bits per heavy atom. The summed E-state index contributed by atoms with van der Waals surface area (Å²) in [6.07, 6.45) is 4.02. The topological polar surface area (TPSA) is 92.1 Å². The van der Waals surface area contributed by atoms with Gasteiger partial charge in [-0.25, -0.2) is 14.5 Å². The van der Waals surface area contributed by atoms with Crippen LogP contribution in [0.4, 0.5) is 16.6 Å². The number of anilines is 2. The summed E-state index contributed by atoms with van der Waals surface area (Å²) in [5.74, 6) is 1.38. The van der Waals surface area contributed by atoms with Crippen LogP contribution in [0.15, 0.2) is 18.3 Å². The number of carbonyl (C=O) groups excluding carboxylic acids is 1. The van der Waals surface area contributed by atoms with E-state index >= 15 is 0 Å². The molecule has 2 aromatic heterocycles. The molecule has 9 heteroatoms. The highest BCUT2D eigenvalue weighted by molar-refractivity contribution is 5.87. The maximum absolute atomic E-state index is 12.8. The molecule has 1 N–H and O–H groups in total. The van der Waals surface area contributed by atoms with Gasteiger partial charge in [-0.15, -0.1) is 0 Å². The Hall–Kier alpha value is -2.71. The van der Waals surface area contributed by atoms with Crippen molar-refractivity contribution in [3.63, 3.8) is 0 Å². The van der Waals surface area contributed by atoms with E-state index in [0.717, 1.165) is 30.8 Å². The summed E-state index contributed by atoms with van der Waals surface area (Å²) in [4.78, 5) is 21.5. The van der Waals surface area contributed by atoms with E-state index in [1.54, 1.807) is 4.68 Å². The van der Waals surface area contributed by atoms with Crippen molar-refractivity contribution in [2.24, 2.45) is 0 Å². The molecule has 9 nitrogen and oxygen atoms in total. The second kappa shape index (κ2) is 6.06. The van der Waals surface area contributed by atoms with Crippen LogP contribution < -0.4 is 10.2 Å². The van der Waals surface area contributed by atoms with Crippen LogP contribution in [0.1, 0.15) is 25.3 Å². The van der Waals surface area contributed by atoms with Gasteiger partial charge in [0.05, 0.1) is 6.54 Å². The van der Waals surface area contributed by atoms with Gasteiger partial charge in [0.2, 0.25) is 0 Å². The van der Waals surface area contributed by atoms with Crippen molar-refractivity contribution in [3.05, 3.63) is 23.9 Å². The molecule has 2 aromatic rings. The molecule has 1 atom stereocenters. The van der Waals surface area contributed by atoms with E-state index in [2.05, 4.69) is 30.7 Å². The molecule has 0 bridgehead atoms. The number of amides is 2. The molecule has 1 fully saturated rings. The number of carbonyl (C=O) groups is 1. The van der Waals surface area contributed by atoms with Crippen LogP contribution >= 0.6 is 0 Å². The first kappa shape index (κ1) is 14.9. The second-order valence-electron chi connectivity index (χ2n) is 6.10. The molecule has 0 saturated carbocycles. The smallest absolute Gasteiger partial charge is 0.324 e. The lowest BCUT2D eigenvalue weighted by Crippen LogP contribution is -2.42. The molecule has 2 amide bonds. The van der Waals surface area contributed by atoms with Crippen molar-refractivity contribution in [1.29, 1.82) is 0 Å². The van der Waals surface area contributed by atoms with Crippen molar-refractivity contribution < 1.29 is 4.79 Å². The third kappa shape index (κ3) is 2.55. The van der Waals surface area contributed by atoms with Crippen LogP contribution in [-0.2, 0) is 13.1 Å². The van der Waals surface area contributed by atoms with Crippen LogP contribution in [0, 0.1) is 0 Å². The molecular formula is C15H20N8O. The molecule has 4 rings (SSSR count). The summed E-state index contributed by atoms with van der Waals surface area (Å²) < 4.78 is 1.56. The molecule has 24 heavy (non-hydrogen) atoms. The maximum Gasteiger partial charge on any atom is 0.324 e. The lowest BCUT2D eigenvalue weighted by molar-refractivity contribution is 0.206. The predicted molar refractivity (Wildman–Crippen MR) is 87.5 cm³/mol. The summed E-state index contributed by atoms with van der Waals surface area (Å²) in [5.41, 5.74) is 1.08. The lowest BCUT2D eigenvalue weighted by atomic mass is 10.2. The van der Waals surface area contributed by atoms with Gasteiger partial charge in [-0.05, 0) is 36.3 Å². The Labute approximate surface area is 139 Å². The fraction of sp³-hybridized carbons (Fsp3) is 0.533. The van der Waals surface area contributed by atoms with Crippen molar-refractivity contribution in [3.8, 4) is 0 Å². The number of nitrogens with one attached hydrogen (secondary N) is 1. The Morgan fingerprint density at radius 2 is 2.38 bits per heavy atom. The summed E-state index contributed by atoms with van der Waals surface area (Å²) >= 11 is 0. The minimum atomic E-state index is -0.178. The molecule has 126 valence electrons. The van der Waals surface area contributed by atoms with Crippen LogP contribution in [0.5, 0.6) is 0 Å². The quantitative estimate of drug-likeness (QED) is 0.888. The highest BCUT2D eigenvalue weighted by Gasteiger charge is 2.34. The number of rotatable bonds is 2. The van der Waals surface area contributed by atoms with Crippen molar-refractivity contribution >= 4 is 17.8 Å². The van der Waals surface area contributed by atoms with E-state index in [9.17, 15) is 4.79 Å². The molecule has 2 aliphatic rings. The minimum absolute atomic E-state index is 0.178. The molecule has 0 aliphatic carbocycles. The first-order valence-electron chi connectivity index (χ1n) is 8.29. The highest BCUT2D eigenvalue weighted by Crippen LogP contribution is 2.31. The number of hydrogen-bond donors (Lipinski definition) is 1. The average Bonchev–Trinajstić information content (AvgIpc) is 3.21. The number of aryl methyl sites for hydroxylation is 1. The first-order valence-corrected chi connectivity index (χ1v) is 8.29. The Balaban J connectivity index is 1.58. The van der Waals surface area contributed by atoms with Gasteiger partial charge in [-0.2, -0.15) is 0 Å². The predicted octanol–water partition coefficient (Wildman–Crippen LogP) is 1.10. The van der Waals surface area contributed by atoms with Gasteiger partial charge in [0, 0.05) is 37.4 Å². The number of aromatic nitrogens is 5. The van der Waals surface area contributed by atoms with Crippen molar-refractivity contribution in [2.45, 2.75) is 38.9 Å². The number of pyridine rings is 1. The molecule has 0 aromatic carbocycles. The van der Waals surface area contributed by atoms with Gasteiger partial charge in [-0.1, -0.05) is 11.2 Å². The molecular weight excluding hydrogens is 308 g/mol. The van der Waals surface area contributed by atoms with E-state index in [1.807, 2.05) is 30.2 Å². The standard InChI is InChI=1S/C15H20N8O/c1-2-23-14(18-19-20-23)17-15(24)21-9-11-5-3-7-16-13(11)22-8-4-6-12(22)10-21/h3,5,7,12H,2,4,6,8-10H2,1H3,(H,17,18,20,24)/t12-/m1/s1. The van der Waals surface area contributed by atoms with Crippen molar-refractivity contribution in [1.82, 2.24) is 30.1 Å². The van der Waals surface area contributed by atoms with Gasteiger partial charge in [0.1, 0.15) is 5.82 Å². The van der Waals surface area contributed by atoms with Crippen LogP contribution in [0.3, 0.4) is 0 Å². The van der Waals surface area contributed by atoms with Gasteiger partial charge in [-0.3, -0.25) is 5.32 Å². The number of urea groups is 1. The fourth-order valence-electron chi connectivity index (χ4n) is 3.48. The molecule has 0 spiro atoms. The fourth-order valence-corrected chi connectivity index (χ4v) is 3.48. The number of hydrogen-bond acceptors (Lipinski definition) is 6. The number of fused-ring (bicyclic) bond motifs is 3. The molecule has 0 unspecified atom stereocenters. The van der Waals surface area contributed by atoms with E-state index in [4.69, 9.17) is 0 Å². The van der Waals surface area contributed by atoms with Crippen LogP contribution in [0.2, 0.25) is 0 Å². The van der Waals surface area contributed by atoms with Gasteiger partial charge in [0.15, 0.2) is 0 Å². The summed E-state index contributed by atoms with van der Waals surface area (Å²) in [7, 11) is 0. The van der Waals surface area contributed by atoms with Gasteiger partial charge >= 0.3 is 6.03 Å². The van der Waals surface area contributed by atoms with Crippen molar-refractivity contribution in [2.75, 3.05) is 23.3 Å². The maximum atomic E-state index is 12.8. The molecule has 4 heterocycles. The number of nitrogens with zero attached hydrogens (tertiary/aromatic N) is 7. The molecule has 1 saturated heterocycles. The average molecular weight is 328 g/mol. The summed E-state index contributed by atoms with van der Waals surface area (Å²) in [6.45, 7) is 4.74. The molecule has 2 aliphatic heterocycles. The van der Waals surface area contributed by atoms with Crippen LogP contribution in [0.25, 0.3) is 0 Å². The van der Waals surface area contributed by atoms with Gasteiger partial charge < -0.3 is 9.80 Å². The SMILES string of the molecule is CCn1nnnc1NC(=O)N1Cc2cccnc2N2CCC[C@@H]2C1. The third-order valence-electron chi connectivity index (χ3n) is 4.65. The number of tetrazole rings is 1. The zero-order valence-corrected chi connectivity index (χ0v) is 13.6. The van der Waals surface area contributed by atoms with E-state index in [1.165, 1.54) is 0 Å². The normalized spacial score (nSPS) is 19.6.